The lowest BCUT2D eigenvalue weighted by molar-refractivity contribution is 0.0816. The van der Waals surface area contributed by atoms with Crippen LogP contribution in [0.1, 0.15) is 42.6 Å². The van der Waals surface area contributed by atoms with Gasteiger partial charge in [-0.25, -0.2) is 0 Å². The second-order valence-electron chi connectivity index (χ2n) is 5.33. The number of carbonyl (C=O) groups excluding carboxylic acids is 1. The molecule has 0 bridgehead atoms. The molecule has 0 spiro atoms. The third kappa shape index (κ3) is 3.85. The quantitative estimate of drug-likeness (QED) is 0.717. The Morgan fingerprint density at radius 3 is 2.43 bits per heavy atom. The van der Waals surface area contributed by atoms with Crippen molar-refractivity contribution < 1.29 is 9.53 Å². The van der Waals surface area contributed by atoms with Gasteiger partial charge in [0.1, 0.15) is 5.75 Å². The summed E-state index contributed by atoms with van der Waals surface area (Å²) in [5.41, 5.74) is 1.67. The van der Waals surface area contributed by atoms with Gasteiger partial charge in [-0.2, -0.15) is 0 Å². The van der Waals surface area contributed by atoms with E-state index in [1.165, 1.54) is 0 Å². The first-order valence-electron chi connectivity index (χ1n) is 7.04. The van der Waals surface area contributed by atoms with Gasteiger partial charge >= 0.3 is 0 Å². The Hall–Kier alpha value is -1.80. The molecule has 0 aliphatic heterocycles. The second kappa shape index (κ2) is 6.77. The number of Topliss-reactive ketones (excluding diaryl/α,β-unsaturated/α-hetero) is 1. The number of ether oxygens (including phenoxy) is 1. The molecule has 1 unspecified atom stereocenters. The van der Waals surface area contributed by atoms with Crippen LogP contribution in [0.15, 0.2) is 48.5 Å². The molecule has 0 aliphatic carbocycles. The number of hydrogen-bond acceptors (Lipinski definition) is 2. The van der Waals surface area contributed by atoms with Gasteiger partial charge in [0.25, 0.3) is 0 Å². The first kappa shape index (κ1) is 15.6. The molecule has 2 aromatic carbocycles. The molecule has 0 aromatic heterocycles. The summed E-state index contributed by atoms with van der Waals surface area (Å²) in [5, 5.41) is 0.552. The molecule has 21 heavy (non-hydrogen) atoms. The normalized spacial score (nSPS) is 12.2. The van der Waals surface area contributed by atoms with Gasteiger partial charge in [0.05, 0.1) is 0 Å². The molecule has 2 aromatic rings. The Balaban J connectivity index is 2.18. The topological polar surface area (TPSA) is 26.3 Å². The summed E-state index contributed by atoms with van der Waals surface area (Å²) in [6.45, 7) is 5.97. The third-order valence-corrected chi connectivity index (χ3v) is 3.56. The molecule has 0 heterocycles. The smallest absolute Gasteiger partial charge is 0.203 e. The fraction of sp³-hybridized carbons (Fsp3) is 0.278. The van der Waals surface area contributed by atoms with Crippen LogP contribution in [0.2, 0.25) is 5.02 Å². The summed E-state index contributed by atoms with van der Waals surface area (Å²) in [5.74, 6) is 1.03. The van der Waals surface area contributed by atoms with E-state index in [0.29, 0.717) is 16.5 Å². The van der Waals surface area contributed by atoms with E-state index in [4.69, 9.17) is 16.3 Å². The highest BCUT2D eigenvalue weighted by atomic mass is 35.5. The van der Waals surface area contributed by atoms with Crippen LogP contribution >= 0.6 is 11.6 Å². The lowest BCUT2D eigenvalue weighted by Crippen LogP contribution is -2.24. The van der Waals surface area contributed by atoms with Gasteiger partial charge in [-0.05, 0) is 36.6 Å². The number of para-hydroxylation sites is 1. The summed E-state index contributed by atoms with van der Waals surface area (Å²) in [6, 6.07) is 14.7. The highest BCUT2D eigenvalue weighted by Crippen LogP contribution is 2.27. The Bertz CT molecular complexity index is 635. The minimum Gasteiger partial charge on any atom is -0.482 e. The number of ketones is 1. The molecule has 0 fully saturated rings. The van der Waals surface area contributed by atoms with Gasteiger partial charge in [0.15, 0.2) is 6.10 Å². The van der Waals surface area contributed by atoms with Crippen LogP contribution in [0.4, 0.5) is 0 Å². The second-order valence-corrected chi connectivity index (χ2v) is 5.76. The number of benzene rings is 2. The van der Waals surface area contributed by atoms with E-state index in [-0.39, 0.29) is 5.78 Å². The van der Waals surface area contributed by atoms with E-state index in [0.717, 1.165) is 11.3 Å². The molecule has 110 valence electrons. The summed E-state index contributed by atoms with van der Waals surface area (Å²) in [7, 11) is 0. The summed E-state index contributed by atoms with van der Waals surface area (Å²) < 4.78 is 5.87. The van der Waals surface area contributed by atoms with Gasteiger partial charge in [-0.15, -0.1) is 0 Å². The zero-order valence-electron chi connectivity index (χ0n) is 12.5. The van der Waals surface area contributed by atoms with E-state index in [9.17, 15) is 4.79 Å². The molecule has 0 saturated heterocycles. The molecule has 0 aliphatic rings. The van der Waals surface area contributed by atoms with Crippen molar-refractivity contribution in [3.8, 4) is 5.75 Å². The van der Waals surface area contributed by atoms with E-state index in [1.54, 1.807) is 31.2 Å². The van der Waals surface area contributed by atoms with Crippen LogP contribution in [0.5, 0.6) is 5.75 Å². The fourth-order valence-electron chi connectivity index (χ4n) is 2.19. The van der Waals surface area contributed by atoms with Crippen LogP contribution in [0, 0.1) is 0 Å². The number of halogens is 1. The maximum atomic E-state index is 12.4. The standard InChI is InChI=1S/C18H19ClO2/c1-12(2)16-9-4-5-10-17(16)21-13(3)18(20)14-7-6-8-15(19)11-14/h4-13H,1-3H3. The monoisotopic (exact) mass is 302 g/mol. The average Bonchev–Trinajstić information content (AvgIpc) is 2.46. The van der Waals surface area contributed by atoms with E-state index < -0.39 is 6.10 Å². The van der Waals surface area contributed by atoms with Crippen molar-refractivity contribution in [2.45, 2.75) is 32.8 Å². The van der Waals surface area contributed by atoms with Crippen molar-refractivity contribution >= 4 is 17.4 Å². The Morgan fingerprint density at radius 2 is 1.76 bits per heavy atom. The van der Waals surface area contributed by atoms with Crippen molar-refractivity contribution in [3.63, 3.8) is 0 Å². The minimum atomic E-state index is -0.552. The van der Waals surface area contributed by atoms with E-state index >= 15 is 0 Å². The predicted molar refractivity (Wildman–Crippen MR) is 86.4 cm³/mol. The largest absolute Gasteiger partial charge is 0.482 e. The molecule has 2 nitrogen and oxygen atoms in total. The molecule has 2 rings (SSSR count). The molecule has 1 atom stereocenters. The third-order valence-electron chi connectivity index (χ3n) is 3.32. The minimum absolute atomic E-state index is 0.0731. The molecule has 0 radical (unpaired) electrons. The van der Waals surface area contributed by atoms with Gasteiger partial charge in [0, 0.05) is 10.6 Å². The Morgan fingerprint density at radius 1 is 1.05 bits per heavy atom. The maximum absolute atomic E-state index is 12.4. The van der Waals surface area contributed by atoms with E-state index in [2.05, 4.69) is 13.8 Å². The summed E-state index contributed by atoms with van der Waals surface area (Å²) in [4.78, 5) is 12.4. The maximum Gasteiger partial charge on any atom is 0.203 e. The van der Waals surface area contributed by atoms with Crippen molar-refractivity contribution in [3.05, 3.63) is 64.7 Å². The van der Waals surface area contributed by atoms with Crippen LogP contribution < -0.4 is 4.74 Å². The van der Waals surface area contributed by atoms with E-state index in [1.807, 2.05) is 24.3 Å². The van der Waals surface area contributed by atoms with Gasteiger partial charge < -0.3 is 4.74 Å². The molecule has 0 N–H and O–H groups in total. The summed E-state index contributed by atoms with van der Waals surface area (Å²) in [6.07, 6.45) is -0.552. The first-order valence-corrected chi connectivity index (χ1v) is 7.42. The predicted octanol–water partition coefficient (Wildman–Crippen LogP) is 5.11. The van der Waals surface area contributed by atoms with Crippen LogP contribution in [-0.4, -0.2) is 11.9 Å². The lowest BCUT2D eigenvalue weighted by Gasteiger charge is -2.18. The molecular weight excluding hydrogens is 284 g/mol. The average molecular weight is 303 g/mol. The zero-order valence-corrected chi connectivity index (χ0v) is 13.2. The Labute approximate surface area is 130 Å². The lowest BCUT2D eigenvalue weighted by atomic mass is 10.0. The fourth-order valence-corrected chi connectivity index (χ4v) is 2.38. The SMILES string of the molecule is CC(Oc1ccccc1C(C)C)C(=O)c1cccc(Cl)c1. The van der Waals surface area contributed by atoms with Crippen molar-refractivity contribution in [2.24, 2.45) is 0 Å². The first-order chi connectivity index (χ1) is 9.99. The van der Waals surface area contributed by atoms with Crippen LogP contribution in [-0.2, 0) is 0 Å². The molecular formula is C18H19ClO2. The van der Waals surface area contributed by atoms with Crippen molar-refractivity contribution in [1.82, 2.24) is 0 Å². The van der Waals surface area contributed by atoms with Gasteiger partial charge in [0.2, 0.25) is 5.78 Å². The number of hydrogen-bond donors (Lipinski definition) is 0. The van der Waals surface area contributed by atoms with Crippen LogP contribution in [0.25, 0.3) is 0 Å². The summed E-state index contributed by atoms with van der Waals surface area (Å²) >= 11 is 5.93. The highest BCUT2D eigenvalue weighted by molar-refractivity contribution is 6.31. The van der Waals surface area contributed by atoms with Crippen LogP contribution in [0.3, 0.4) is 0 Å². The molecule has 0 amide bonds. The molecule has 3 heteroatoms. The Kier molecular flexibility index (Phi) is 5.03. The van der Waals surface area contributed by atoms with Crippen molar-refractivity contribution in [1.29, 1.82) is 0 Å². The number of carbonyl (C=O) groups is 1. The van der Waals surface area contributed by atoms with Crippen molar-refractivity contribution in [2.75, 3.05) is 0 Å². The molecule has 0 saturated carbocycles. The zero-order chi connectivity index (χ0) is 15.4. The highest BCUT2D eigenvalue weighted by Gasteiger charge is 2.19. The number of rotatable bonds is 5. The van der Waals surface area contributed by atoms with Gasteiger partial charge in [-0.3, -0.25) is 4.79 Å². The van der Waals surface area contributed by atoms with Gasteiger partial charge in [-0.1, -0.05) is 55.8 Å².